The van der Waals surface area contributed by atoms with Crippen LogP contribution in [0.25, 0.3) is 0 Å². The average Bonchev–Trinajstić information content (AvgIpc) is 2.59. The smallest absolute Gasteiger partial charge is 0.0718 e. The standard InChI is InChI=1S/C21H27N/c1-2-3-4-5-6-13-18-22-21(19-14-9-7-10-15-19)20-16-11-8-12-17-20/h7-12,14-17H,2-6,13,18H2,1H3/i22+1. The predicted octanol–water partition coefficient (Wildman–Crippen LogP) is 5.88. The molecule has 0 unspecified atom stereocenters. The van der Waals surface area contributed by atoms with E-state index in [2.05, 4.69) is 67.6 Å². The van der Waals surface area contributed by atoms with Gasteiger partial charge in [-0.2, -0.15) is 0 Å². The highest BCUT2D eigenvalue weighted by molar-refractivity contribution is 6.12. The monoisotopic (exact) mass is 294 g/mol. The highest BCUT2D eigenvalue weighted by Crippen LogP contribution is 2.12. The van der Waals surface area contributed by atoms with Crippen molar-refractivity contribution >= 4 is 5.71 Å². The Kier molecular flexibility index (Phi) is 7.45. The second-order valence-corrected chi connectivity index (χ2v) is 5.73. The molecule has 0 aliphatic carbocycles. The zero-order chi connectivity index (χ0) is 15.5. The van der Waals surface area contributed by atoms with Crippen molar-refractivity contribution in [1.29, 1.82) is 0 Å². The van der Waals surface area contributed by atoms with Crippen LogP contribution in [-0.2, 0) is 0 Å². The summed E-state index contributed by atoms with van der Waals surface area (Å²) in [6.07, 6.45) is 7.86. The third-order valence-electron chi connectivity index (χ3n) is 3.88. The number of rotatable bonds is 9. The number of aliphatic imine (C=N–C) groups is 1. The molecule has 0 spiro atoms. The van der Waals surface area contributed by atoms with Crippen LogP contribution in [0.1, 0.15) is 56.6 Å². The molecular formula is C21H27N. The van der Waals surface area contributed by atoms with E-state index in [1.165, 1.54) is 49.7 Å². The van der Waals surface area contributed by atoms with Gasteiger partial charge in [0.2, 0.25) is 0 Å². The van der Waals surface area contributed by atoms with Crippen LogP contribution in [0.5, 0.6) is 0 Å². The lowest BCUT2D eigenvalue weighted by Gasteiger charge is -2.07. The molecule has 1 heteroatoms. The highest BCUT2D eigenvalue weighted by Gasteiger charge is 2.05. The van der Waals surface area contributed by atoms with Crippen LogP contribution in [0.3, 0.4) is 0 Å². The van der Waals surface area contributed by atoms with E-state index in [0.717, 1.165) is 12.3 Å². The Labute approximate surface area is 135 Å². The fourth-order valence-electron chi connectivity index (χ4n) is 2.62. The minimum atomic E-state index is 0.922. The summed E-state index contributed by atoms with van der Waals surface area (Å²) in [6.45, 7) is 3.18. The minimum Gasteiger partial charge on any atom is -0.284 e. The van der Waals surface area contributed by atoms with Gasteiger partial charge in [-0.1, -0.05) is 99.7 Å². The van der Waals surface area contributed by atoms with Gasteiger partial charge >= 0.3 is 0 Å². The SMILES string of the molecule is CCCCCCCC[15N]=C(c1ccccc1)c1ccccc1. The topological polar surface area (TPSA) is 12.4 Å². The number of hydrogen-bond donors (Lipinski definition) is 0. The Hall–Kier alpha value is -1.89. The van der Waals surface area contributed by atoms with E-state index >= 15 is 0 Å². The van der Waals surface area contributed by atoms with E-state index in [0.29, 0.717) is 0 Å². The number of unbranched alkanes of at least 4 members (excludes halogenated alkanes) is 5. The van der Waals surface area contributed by atoms with Gasteiger partial charge in [0.1, 0.15) is 0 Å². The molecule has 2 aromatic carbocycles. The maximum atomic E-state index is 4.90. The Morgan fingerprint density at radius 3 is 1.73 bits per heavy atom. The molecule has 0 aromatic heterocycles. The Morgan fingerprint density at radius 1 is 0.682 bits per heavy atom. The fraction of sp³-hybridized carbons (Fsp3) is 0.381. The highest BCUT2D eigenvalue weighted by atomic mass is 15.5. The number of benzene rings is 2. The van der Waals surface area contributed by atoms with E-state index in [-0.39, 0.29) is 0 Å². The van der Waals surface area contributed by atoms with E-state index < -0.39 is 0 Å². The fourth-order valence-corrected chi connectivity index (χ4v) is 2.62. The molecule has 1 nitrogen and oxygen atoms in total. The molecule has 0 N–H and O–H groups in total. The molecule has 0 saturated carbocycles. The van der Waals surface area contributed by atoms with Crippen LogP contribution in [0, 0.1) is 0 Å². The van der Waals surface area contributed by atoms with Crippen LogP contribution in [0.2, 0.25) is 0 Å². The first-order valence-electron chi connectivity index (χ1n) is 8.57. The largest absolute Gasteiger partial charge is 0.284 e. The van der Waals surface area contributed by atoms with Gasteiger partial charge in [0, 0.05) is 17.7 Å². The lowest BCUT2D eigenvalue weighted by atomic mass is 10.0. The normalized spacial score (nSPS) is 10.4. The molecule has 0 aliphatic rings. The minimum absolute atomic E-state index is 0.922. The molecule has 2 aromatic rings. The van der Waals surface area contributed by atoms with E-state index in [9.17, 15) is 0 Å². The molecule has 0 fully saturated rings. The lowest BCUT2D eigenvalue weighted by Crippen LogP contribution is -2.04. The quantitative estimate of drug-likeness (QED) is 0.311. The average molecular weight is 294 g/mol. The summed E-state index contributed by atoms with van der Waals surface area (Å²) in [5.41, 5.74) is 3.54. The maximum Gasteiger partial charge on any atom is 0.0718 e. The zero-order valence-corrected chi connectivity index (χ0v) is 13.7. The van der Waals surface area contributed by atoms with Crippen molar-refractivity contribution in [3.63, 3.8) is 0 Å². The molecule has 0 bridgehead atoms. The molecule has 116 valence electrons. The van der Waals surface area contributed by atoms with Gasteiger partial charge in [0.25, 0.3) is 0 Å². The first-order valence-corrected chi connectivity index (χ1v) is 8.57. The van der Waals surface area contributed by atoms with Gasteiger partial charge in [-0.3, -0.25) is 4.99 Å². The summed E-state index contributed by atoms with van der Waals surface area (Å²) < 4.78 is 0. The van der Waals surface area contributed by atoms with Gasteiger partial charge in [0.05, 0.1) is 5.71 Å². The van der Waals surface area contributed by atoms with E-state index in [1.807, 2.05) is 0 Å². The third kappa shape index (κ3) is 5.48. The molecule has 2 rings (SSSR count). The summed E-state index contributed by atoms with van der Waals surface area (Å²) in [7, 11) is 0. The van der Waals surface area contributed by atoms with Crippen molar-refractivity contribution in [1.82, 2.24) is 0 Å². The molecule has 0 radical (unpaired) electrons. The third-order valence-corrected chi connectivity index (χ3v) is 3.88. The number of hydrogen-bond acceptors (Lipinski definition) is 1. The van der Waals surface area contributed by atoms with Crippen molar-refractivity contribution in [3.8, 4) is 0 Å². The first-order chi connectivity index (χ1) is 10.9. The molecule has 0 heterocycles. The first kappa shape index (κ1) is 16.5. The summed E-state index contributed by atoms with van der Waals surface area (Å²) in [4.78, 5) is 4.90. The molecule has 0 atom stereocenters. The summed E-state index contributed by atoms with van der Waals surface area (Å²) in [6, 6.07) is 21.0. The Balaban J connectivity index is 1.98. The van der Waals surface area contributed by atoms with Gasteiger partial charge in [-0.25, -0.2) is 0 Å². The molecule has 0 aliphatic heterocycles. The van der Waals surface area contributed by atoms with Crippen molar-refractivity contribution in [3.05, 3.63) is 71.8 Å². The lowest BCUT2D eigenvalue weighted by molar-refractivity contribution is 0.612. The van der Waals surface area contributed by atoms with Gasteiger partial charge in [0.15, 0.2) is 0 Å². The predicted molar refractivity (Wildman–Crippen MR) is 96.8 cm³/mol. The molecule has 0 saturated heterocycles. The van der Waals surface area contributed by atoms with Crippen LogP contribution in [0.4, 0.5) is 0 Å². The summed E-state index contributed by atoms with van der Waals surface area (Å²) in [5.74, 6) is 0. The van der Waals surface area contributed by atoms with Crippen LogP contribution < -0.4 is 0 Å². The van der Waals surface area contributed by atoms with Crippen molar-refractivity contribution in [2.45, 2.75) is 45.4 Å². The summed E-state index contributed by atoms with van der Waals surface area (Å²) >= 11 is 0. The molecular weight excluding hydrogens is 267 g/mol. The van der Waals surface area contributed by atoms with E-state index in [4.69, 9.17) is 4.99 Å². The van der Waals surface area contributed by atoms with Crippen LogP contribution >= 0.6 is 0 Å². The van der Waals surface area contributed by atoms with E-state index in [1.54, 1.807) is 0 Å². The zero-order valence-electron chi connectivity index (χ0n) is 13.7. The molecule has 22 heavy (non-hydrogen) atoms. The van der Waals surface area contributed by atoms with Gasteiger partial charge in [-0.05, 0) is 6.42 Å². The van der Waals surface area contributed by atoms with Gasteiger partial charge < -0.3 is 0 Å². The van der Waals surface area contributed by atoms with Crippen LogP contribution in [0.15, 0.2) is 65.7 Å². The maximum absolute atomic E-state index is 4.90. The van der Waals surface area contributed by atoms with Gasteiger partial charge in [-0.15, -0.1) is 0 Å². The summed E-state index contributed by atoms with van der Waals surface area (Å²) in [5, 5.41) is 0. The Bertz CT molecular complexity index is 501. The molecule has 0 amide bonds. The van der Waals surface area contributed by atoms with Crippen molar-refractivity contribution in [2.24, 2.45) is 4.99 Å². The Morgan fingerprint density at radius 2 is 1.18 bits per heavy atom. The van der Waals surface area contributed by atoms with Crippen molar-refractivity contribution in [2.75, 3.05) is 6.54 Å². The second-order valence-electron chi connectivity index (χ2n) is 5.73. The second kappa shape index (κ2) is 9.94. The van der Waals surface area contributed by atoms with Crippen LogP contribution in [-0.4, -0.2) is 12.3 Å². The number of nitrogens with zero attached hydrogens (tertiary/aromatic N) is 1. The van der Waals surface area contributed by atoms with Crippen molar-refractivity contribution < 1.29 is 0 Å².